The van der Waals surface area contributed by atoms with Crippen molar-refractivity contribution >= 4 is 33.0 Å². The quantitative estimate of drug-likeness (QED) is 0.618. The highest BCUT2D eigenvalue weighted by molar-refractivity contribution is 7.89. The van der Waals surface area contributed by atoms with E-state index in [-0.39, 0.29) is 6.54 Å². The van der Waals surface area contributed by atoms with Gasteiger partial charge in [0.2, 0.25) is 10.0 Å². The maximum atomic E-state index is 12.8. The predicted molar refractivity (Wildman–Crippen MR) is 112 cm³/mol. The Labute approximate surface area is 169 Å². The number of halogens is 1. The van der Waals surface area contributed by atoms with E-state index >= 15 is 0 Å². The first-order valence-electron chi connectivity index (χ1n) is 8.48. The second-order valence-corrected chi connectivity index (χ2v) is 9.76. The first-order valence-corrected chi connectivity index (χ1v) is 11.2. The molecule has 0 aliphatic rings. The fraction of sp³-hybridized carbons (Fsp3) is 0.250. The Morgan fingerprint density at radius 3 is 2.41 bits per heavy atom. The predicted octanol–water partition coefficient (Wildman–Crippen LogP) is 5.18. The van der Waals surface area contributed by atoms with Crippen molar-refractivity contribution in [3.05, 3.63) is 68.7 Å². The molecule has 4 nitrogen and oxygen atoms in total. The fourth-order valence-corrected chi connectivity index (χ4v) is 5.52. The molecule has 0 radical (unpaired) electrons. The third-order valence-corrected chi connectivity index (χ3v) is 7.56. The number of hydrogen-bond donors (Lipinski definition) is 1. The minimum absolute atomic E-state index is 0.197. The standard InChI is InChI=1S/C20H21ClN2O2S2/c1-12-9-14(3)19(10-13(12)2)27(24,25)22-11-18-15(4)23-20(26-18)16-7-5-6-8-17(16)21/h5-10,22H,11H2,1-4H3. The van der Waals surface area contributed by atoms with Crippen molar-refractivity contribution in [1.82, 2.24) is 9.71 Å². The van der Waals surface area contributed by atoms with Crippen LogP contribution in [0.5, 0.6) is 0 Å². The van der Waals surface area contributed by atoms with Crippen molar-refractivity contribution in [3.8, 4) is 10.6 Å². The van der Waals surface area contributed by atoms with Crippen LogP contribution in [0, 0.1) is 27.7 Å². The van der Waals surface area contributed by atoms with E-state index in [0.29, 0.717) is 9.92 Å². The summed E-state index contributed by atoms with van der Waals surface area (Å²) in [7, 11) is -3.61. The van der Waals surface area contributed by atoms with Crippen molar-refractivity contribution in [2.75, 3.05) is 0 Å². The summed E-state index contributed by atoms with van der Waals surface area (Å²) in [5.41, 5.74) is 4.43. The van der Waals surface area contributed by atoms with Crippen LogP contribution in [0.25, 0.3) is 10.6 Å². The zero-order valence-corrected chi connectivity index (χ0v) is 18.0. The molecule has 0 saturated heterocycles. The number of sulfonamides is 1. The van der Waals surface area contributed by atoms with E-state index in [2.05, 4.69) is 9.71 Å². The maximum absolute atomic E-state index is 12.8. The average molecular weight is 421 g/mol. The Bertz CT molecular complexity index is 1110. The molecule has 0 bridgehead atoms. The van der Waals surface area contributed by atoms with Crippen LogP contribution in [0.4, 0.5) is 0 Å². The van der Waals surface area contributed by atoms with E-state index in [1.54, 1.807) is 6.07 Å². The molecule has 27 heavy (non-hydrogen) atoms. The molecule has 2 aromatic carbocycles. The summed E-state index contributed by atoms with van der Waals surface area (Å²) in [5.74, 6) is 0. The summed E-state index contributed by atoms with van der Waals surface area (Å²) < 4.78 is 28.3. The molecule has 0 atom stereocenters. The van der Waals surface area contributed by atoms with Gasteiger partial charge in [-0.15, -0.1) is 11.3 Å². The first-order chi connectivity index (χ1) is 12.7. The van der Waals surface area contributed by atoms with Gasteiger partial charge in [0.05, 0.1) is 15.6 Å². The molecule has 3 aromatic rings. The molecule has 1 aromatic heterocycles. The van der Waals surface area contributed by atoms with Crippen LogP contribution < -0.4 is 4.72 Å². The van der Waals surface area contributed by atoms with Gasteiger partial charge in [0.25, 0.3) is 0 Å². The summed E-state index contributed by atoms with van der Waals surface area (Å²) >= 11 is 7.70. The number of aromatic nitrogens is 1. The van der Waals surface area contributed by atoms with E-state index in [4.69, 9.17) is 11.6 Å². The highest BCUT2D eigenvalue weighted by Gasteiger charge is 2.19. The van der Waals surface area contributed by atoms with Gasteiger partial charge in [-0.2, -0.15) is 0 Å². The van der Waals surface area contributed by atoms with Gasteiger partial charge in [-0.1, -0.05) is 35.9 Å². The Kier molecular flexibility index (Phi) is 5.72. The molecular formula is C20H21ClN2O2S2. The second-order valence-electron chi connectivity index (χ2n) is 6.53. The summed E-state index contributed by atoms with van der Waals surface area (Å²) in [6.07, 6.45) is 0. The van der Waals surface area contributed by atoms with Crippen molar-refractivity contribution in [1.29, 1.82) is 0 Å². The third kappa shape index (κ3) is 4.24. The zero-order valence-electron chi connectivity index (χ0n) is 15.6. The van der Waals surface area contributed by atoms with Crippen molar-refractivity contribution < 1.29 is 8.42 Å². The van der Waals surface area contributed by atoms with Crippen LogP contribution >= 0.6 is 22.9 Å². The average Bonchev–Trinajstić information content (AvgIpc) is 2.97. The number of benzene rings is 2. The molecule has 0 fully saturated rings. The molecule has 0 aliphatic carbocycles. The SMILES string of the molecule is Cc1cc(C)c(S(=O)(=O)NCc2sc(-c3ccccc3Cl)nc2C)cc1C. The Hall–Kier alpha value is -1.73. The number of nitrogens with zero attached hydrogens (tertiary/aromatic N) is 1. The lowest BCUT2D eigenvalue weighted by molar-refractivity contribution is 0.581. The summed E-state index contributed by atoms with van der Waals surface area (Å²) in [6, 6.07) is 11.1. The van der Waals surface area contributed by atoms with Gasteiger partial charge in [0, 0.05) is 17.0 Å². The van der Waals surface area contributed by atoms with Crippen molar-refractivity contribution in [2.45, 2.75) is 39.1 Å². The first kappa shape index (κ1) is 20.0. The third-order valence-electron chi connectivity index (χ3n) is 4.50. The lowest BCUT2D eigenvalue weighted by Crippen LogP contribution is -2.24. The summed E-state index contributed by atoms with van der Waals surface area (Å²) in [6.45, 7) is 7.78. The second kappa shape index (κ2) is 7.72. The molecule has 142 valence electrons. The molecule has 0 unspecified atom stereocenters. The zero-order chi connectivity index (χ0) is 19.8. The van der Waals surface area contributed by atoms with Crippen molar-refractivity contribution in [2.24, 2.45) is 0 Å². The van der Waals surface area contributed by atoms with Crippen LogP contribution in [0.15, 0.2) is 41.3 Å². The molecule has 0 aliphatic heterocycles. The Morgan fingerprint density at radius 1 is 1.04 bits per heavy atom. The van der Waals surface area contributed by atoms with Gasteiger partial charge in [0.15, 0.2) is 0 Å². The Morgan fingerprint density at radius 2 is 1.70 bits per heavy atom. The van der Waals surface area contributed by atoms with Gasteiger partial charge in [0.1, 0.15) is 5.01 Å². The smallest absolute Gasteiger partial charge is 0.241 e. The number of rotatable bonds is 5. The lowest BCUT2D eigenvalue weighted by atomic mass is 10.1. The van der Waals surface area contributed by atoms with Gasteiger partial charge in [-0.3, -0.25) is 0 Å². The topological polar surface area (TPSA) is 59.1 Å². The number of thiazole rings is 1. The maximum Gasteiger partial charge on any atom is 0.241 e. The number of hydrogen-bond acceptors (Lipinski definition) is 4. The molecule has 0 amide bonds. The molecule has 0 spiro atoms. The molecule has 7 heteroatoms. The highest BCUT2D eigenvalue weighted by atomic mass is 35.5. The molecule has 1 heterocycles. The summed E-state index contributed by atoms with van der Waals surface area (Å²) in [4.78, 5) is 5.75. The summed E-state index contributed by atoms with van der Waals surface area (Å²) in [5, 5.41) is 1.42. The van der Waals surface area contributed by atoms with Crippen LogP contribution in [0.3, 0.4) is 0 Å². The van der Waals surface area contributed by atoms with E-state index in [1.807, 2.05) is 58.0 Å². The van der Waals surface area contributed by atoms with Gasteiger partial charge in [-0.25, -0.2) is 18.1 Å². The molecule has 1 N–H and O–H groups in total. The molecule has 0 saturated carbocycles. The minimum atomic E-state index is -3.61. The lowest BCUT2D eigenvalue weighted by Gasteiger charge is -2.11. The molecular weight excluding hydrogens is 400 g/mol. The van der Waals surface area contributed by atoms with Crippen LogP contribution in [0.1, 0.15) is 27.3 Å². The van der Waals surface area contributed by atoms with E-state index < -0.39 is 10.0 Å². The number of nitrogens with one attached hydrogen (secondary N) is 1. The fourth-order valence-electron chi connectivity index (χ4n) is 2.80. The van der Waals surface area contributed by atoms with E-state index in [1.165, 1.54) is 11.3 Å². The van der Waals surface area contributed by atoms with Crippen molar-refractivity contribution in [3.63, 3.8) is 0 Å². The number of aryl methyl sites for hydroxylation is 4. The van der Waals surface area contributed by atoms with Gasteiger partial charge in [-0.05, 0) is 56.5 Å². The highest BCUT2D eigenvalue weighted by Crippen LogP contribution is 2.33. The van der Waals surface area contributed by atoms with Crippen LogP contribution in [-0.2, 0) is 16.6 Å². The van der Waals surface area contributed by atoms with Crippen LogP contribution in [0.2, 0.25) is 5.02 Å². The van der Waals surface area contributed by atoms with Crippen LogP contribution in [-0.4, -0.2) is 13.4 Å². The van der Waals surface area contributed by atoms with Gasteiger partial charge >= 0.3 is 0 Å². The minimum Gasteiger partial charge on any atom is -0.241 e. The van der Waals surface area contributed by atoms with Gasteiger partial charge < -0.3 is 0 Å². The van der Waals surface area contributed by atoms with E-state index in [9.17, 15) is 8.42 Å². The van der Waals surface area contributed by atoms with E-state index in [0.717, 1.165) is 37.8 Å². The normalized spacial score (nSPS) is 11.7. The monoisotopic (exact) mass is 420 g/mol. The molecule has 3 rings (SSSR count). The Balaban J connectivity index is 1.85. The largest absolute Gasteiger partial charge is 0.241 e.